The molecule has 0 aliphatic carbocycles. The monoisotopic (exact) mass is 321 g/mol. The molecule has 0 radical (unpaired) electrons. The number of hydrogen-bond acceptors (Lipinski definition) is 4. The zero-order valence-electron chi connectivity index (χ0n) is 13.3. The maximum Gasteiger partial charge on any atom is 0.303 e. The van der Waals surface area contributed by atoms with Gasteiger partial charge in [0.25, 0.3) is 5.91 Å². The minimum Gasteiger partial charge on any atom is -0.484 e. The lowest BCUT2D eigenvalue weighted by molar-refractivity contribution is -0.137. The second-order valence-corrected chi connectivity index (χ2v) is 5.28. The van der Waals surface area contributed by atoms with Crippen LogP contribution in [0.2, 0.25) is 0 Å². The maximum atomic E-state index is 11.6. The van der Waals surface area contributed by atoms with Gasteiger partial charge in [0.2, 0.25) is 0 Å². The first-order valence-corrected chi connectivity index (χ1v) is 7.71. The van der Waals surface area contributed by atoms with Gasteiger partial charge in [-0.2, -0.15) is 0 Å². The summed E-state index contributed by atoms with van der Waals surface area (Å²) in [6.45, 7) is 1.97. The quantitative estimate of drug-likeness (QED) is 0.482. The number of carboxylic acids is 1. The Morgan fingerprint density at radius 2 is 1.70 bits per heavy atom. The summed E-state index contributed by atoms with van der Waals surface area (Å²) in [5, 5.41) is 11.2. The van der Waals surface area contributed by atoms with E-state index in [9.17, 15) is 14.4 Å². The van der Waals surface area contributed by atoms with Crippen molar-refractivity contribution in [2.75, 3.05) is 13.2 Å². The van der Waals surface area contributed by atoms with Gasteiger partial charge in [-0.25, -0.2) is 0 Å². The van der Waals surface area contributed by atoms with Crippen molar-refractivity contribution < 1.29 is 24.2 Å². The van der Waals surface area contributed by atoms with Crippen LogP contribution < -0.4 is 10.1 Å². The molecule has 0 aromatic heterocycles. The second kappa shape index (κ2) is 10.4. The fourth-order valence-electron chi connectivity index (χ4n) is 1.97. The molecule has 1 amide bonds. The first-order valence-electron chi connectivity index (χ1n) is 7.71. The molecule has 0 fully saturated rings. The third-order valence-corrected chi connectivity index (χ3v) is 3.27. The average Bonchev–Trinajstić information content (AvgIpc) is 2.52. The van der Waals surface area contributed by atoms with E-state index in [-0.39, 0.29) is 24.7 Å². The van der Waals surface area contributed by atoms with Gasteiger partial charge in [-0.15, -0.1) is 0 Å². The molecule has 1 aromatic rings. The lowest BCUT2D eigenvalue weighted by atomic mass is 10.1. The molecule has 2 N–H and O–H groups in total. The van der Waals surface area contributed by atoms with Crippen LogP contribution in [0, 0.1) is 0 Å². The molecular formula is C17H23NO5. The Kier molecular flexibility index (Phi) is 8.42. The van der Waals surface area contributed by atoms with Crippen molar-refractivity contribution in [2.45, 2.75) is 39.0 Å². The number of nitrogens with one attached hydrogen (secondary N) is 1. The Morgan fingerprint density at radius 1 is 1.04 bits per heavy atom. The van der Waals surface area contributed by atoms with Crippen LogP contribution in [0.25, 0.3) is 0 Å². The third kappa shape index (κ3) is 8.60. The van der Waals surface area contributed by atoms with Crippen LogP contribution in [-0.2, 0) is 9.59 Å². The molecule has 0 unspecified atom stereocenters. The second-order valence-electron chi connectivity index (χ2n) is 5.28. The molecule has 1 aromatic carbocycles. The number of Topliss-reactive ketones (excluding diaryl/α,β-unsaturated/α-hetero) is 1. The number of carbonyl (C=O) groups is 3. The van der Waals surface area contributed by atoms with Gasteiger partial charge in [0.15, 0.2) is 12.4 Å². The highest BCUT2D eigenvalue weighted by Gasteiger charge is 2.04. The van der Waals surface area contributed by atoms with E-state index < -0.39 is 5.97 Å². The van der Waals surface area contributed by atoms with Gasteiger partial charge in [-0.3, -0.25) is 14.4 Å². The SMILES string of the molecule is CC(=O)c1ccc(OCC(=O)NCCCCCCC(=O)O)cc1. The van der Waals surface area contributed by atoms with Crippen LogP contribution in [0.1, 0.15) is 49.4 Å². The minimum absolute atomic E-state index is 0.0161. The van der Waals surface area contributed by atoms with Gasteiger partial charge in [-0.1, -0.05) is 12.8 Å². The molecular weight excluding hydrogens is 298 g/mol. The number of amides is 1. The lowest BCUT2D eigenvalue weighted by Gasteiger charge is -2.08. The van der Waals surface area contributed by atoms with Crippen molar-refractivity contribution in [3.8, 4) is 5.75 Å². The highest BCUT2D eigenvalue weighted by Crippen LogP contribution is 2.12. The largest absolute Gasteiger partial charge is 0.484 e. The van der Waals surface area contributed by atoms with Gasteiger partial charge in [0, 0.05) is 18.5 Å². The highest BCUT2D eigenvalue weighted by atomic mass is 16.5. The van der Waals surface area contributed by atoms with E-state index in [1.165, 1.54) is 6.92 Å². The molecule has 6 nitrogen and oxygen atoms in total. The predicted octanol–water partition coefficient (Wildman–Crippen LogP) is 2.42. The van der Waals surface area contributed by atoms with Crippen LogP contribution in [0.5, 0.6) is 5.75 Å². The summed E-state index contributed by atoms with van der Waals surface area (Å²) in [6, 6.07) is 6.64. The number of hydrogen-bond donors (Lipinski definition) is 2. The highest BCUT2D eigenvalue weighted by molar-refractivity contribution is 5.94. The molecule has 0 bridgehead atoms. The van der Waals surface area contributed by atoms with E-state index in [1.54, 1.807) is 24.3 Å². The van der Waals surface area contributed by atoms with Crippen molar-refractivity contribution in [2.24, 2.45) is 0 Å². The van der Waals surface area contributed by atoms with Gasteiger partial charge < -0.3 is 15.2 Å². The number of carboxylic acid groups (broad SMARTS) is 1. The number of rotatable bonds is 11. The van der Waals surface area contributed by atoms with E-state index in [4.69, 9.17) is 9.84 Å². The van der Waals surface area contributed by atoms with Gasteiger partial charge in [-0.05, 0) is 44.0 Å². The number of carbonyl (C=O) groups excluding carboxylic acids is 2. The Balaban J connectivity index is 2.10. The lowest BCUT2D eigenvalue weighted by Crippen LogP contribution is -2.29. The summed E-state index contributed by atoms with van der Waals surface area (Å²) in [4.78, 5) is 33.1. The van der Waals surface area contributed by atoms with Gasteiger partial charge in [0.05, 0.1) is 0 Å². The first kappa shape index (κ1) is 18.7. The van der Waals surface area contributed by atoms with Crippen LogP contribution in [0.15, 0.2) is 24.3 Å². The van der Waals surface area contributed by atoms with Crippen molar-refractivity contribution >= 4 is 17.7 Å². The predicted molar refractivity (Wildman–Crippen MR) is 85.7 cm³/mol. The summed E-state index contributed by atoms with van der Waals surface area (Å²) in [6.07, 6.45) is 3.42. The Labute approximate surface area is 135 Å². The number of unbranched alkanes of at least 4 members (excludes halogenated alkanes) is 3. The van der Waals surface area contributed by atoms with E-state index in [0.29, 0.717) is 24.3 Å². The van der Waals surface area contributed by atoms with Crippen LogP contribution in [-0.4, -0.2) is 35.9 Å². The first-order chi connectivity index (χ1) is 11.0. The summed E-state index contributed by atoms with van der Waals surface area (Å²) in [7, 11) is 0. The Hall–Kier alpha value is -2.37. The number of benzene rings is 1. The molecule has 0 heterocycles. The summed E-state index contributed by atoms with van der Waals surface area (Å²) in [5.74, 6) is -0.450. The van der Waals surface area contributed by atoms with E-state index in [0.717, 1.165) is 19.3 Å². The van der Waals surface area contributed by atoms with Crippen LogP contribution in [0.3, 0.4) is 0 Å². The molecule has 0 spiro atoms. The zero-order chi connectivity index (χ0) is 17.1. The van der Waals surface area contributed by atoms with Crippen molar-refractivity contribution in [1.82, 2.24) is 5.32 Å². The molecule has 1 rings (SSSR count). The number of ketones is 1. The number of ether oxygens (including phenoxy) is 1. The van der Waals surface area contributed by atoms with Crippen molar-refractivity contribution in [3.63, 3.8) is 0 Å². The van der Waals surface area contributed by atoms with E-state index >= 15 is 0 Å². The maximum absolute atomic E-state index is 11.6. The summed E-state index contributed by atoms with van der Waals surface area (Å²) < 4.78 is 5.34. The number of aliphatic carboxylic acids is 1. The Bertz CT molecular complexity index is 524. The normalized spacial score (nSPS) is 10.1. The molecule has 126 valence electrons. The zero-order valence-corrected chi connectivity index (χ0v) is 13.3. The molecule has 0 aliphatic rings. The van der Waals surface area contributed by atoms with E-state index in [1.807, 2.05) is 0 Å². The topological polar surface area (TPSA) is 92.7 Å². The fraction of sp³-hybridized carbons (Fsp3) is 0.471. The smallest absolute Gasteiger partial charge is 0.303 e. The fourth-order valence-corrected chi connectivity index (χ4v) is 1.97. The summed E-state index contributed by atoms with van der Waals surface area (Å²) >= 11 is 0. The average molecular weight is 321 g/mol. The van der Waals surface area contributed by atoms with Crippen molar-refractivity contribution in [3.05, 3.63) is 29.8 Å². The molecule has 0 saturated carbocycles. The molecule has 0 atom stereocenters. The van der Waals surface area contributed by atoms with Crippen LogP contribution >= 0.6 is 0 Å². The minimum atomic E-state index is -0.771. The van der Waals surface area contributed by atoms with E-state index in [2.05, 4.69) is 5.32 Å². The molecule has 6 heteroatoms. The standard InChI is InChI=1S/C17H23NO5/c1-13(19)14-7-9-15(10-8-14)23-12-16(20)18-11-5-3-2-4-6-17(21)22/h7-10H,2-6,11-12H2,1H3,(H,18,20)(H,21,22). The molecule has 0 saturated heterocycles. The molecule has 23 heavy (non-hydrogen) atoms. The Morgan fingerprint density at radius 3 is 2.30 bits per heavy atom. The van der Waals surface area contributed by atoms with Crippen LogP contribution in [0.4, 0.5) is 0 Å². The third-order valence-electron chi connectivity index (χ3n) is 3.27. The summed E-state index contributed by atoms with van der Waals surface area (Å²) in [5.41, 5.74) is 0.602. The van der Waals surface area contributed by atoms with Gasteiger partial charge >= 0.3 is 5.97 Å². The van der Waals surface area contributed by atoms with Crippen molar-refractivity contribution in [1.29, 1.82) is 0 Å². The molecule has 0 aliphatic heterocycles. The van der Waals surface area contributed by atoms with Gasteiger partial charge in [0.1, 0.15) is 5.75 Å².